The third kappa shape index (κ3) is 1.91. The highest BCUT2D eigenvalue weighted by Gasteiger charge is 2.20. The Labute approximate surface area is 120 Å². The maximum absolute atomic E-state index is 11.4. The first-order valence-electron chi connectivity index (χ1n) is 6.34. The number of fused-ring (bicyclic) bond motifs is 1. The number of carboxylic acid groups (broad SMARTS) is 1. The first-order chi connectivity index (χ1) is 9.59. The van der Waals surface area contributed by atoms with Crippen LogP contribution in [0, 0.1) is 6.92 Å². The predicted octanol–water partition coefficient (Wildman–Crippen LogP) is 3.71. The van der Waals surface area contributed by atoms with Crippen molar-refractivity contribution in [2.24, 2.45) is 0 Å². The SMILES string of the molecule is Cc1nc2cccc(C(=O)O)c2n1C(C)c1cccs1. The van der Waals surface area contributed by atoms with E-state index < -0.39 is 5.97 Å². The van der Waals surface area contributed by atoms with Crippen molar-refractivity contribution in [1.29, 1.82) is 0 Å². The molecule has 0 spiro atoms. The van der Waals surface area contributed by atoms with Gasteiger partial charge in [0.2, 0.25) is 0 Å². The largest absolute Gasteiger partial charge is 0.478 e. The van der Waals surface area contributed by atoms with E-state index >= 15 is 0 Å². The highest BCUT2D eigenvalue weighted by molar-refractivity contribution is 7.10. The first-order valence-corrected chi connectivity index (χ1v) is 7.22. The van der Waals surface area contributed by atoms with Crippen LogP contribution in [0.5, 0.6) is 0 Å². The van der Waals surface area contributed by atoms with Gasteiger partial charge in [-0.1, -0.05) is 12.1 Å². The number of aromatic carboxylic acids is 1. The summed E-state index contributed by atoms with van der Waals surface area (Å²) < 4.78 is 2.00. The average Bonchev–Trinajstić information content (AvgIpc) is 3.03. The lowest BCUT2D eigenvalue weighted by molar-refractivity contribution is 0.0698. The molecule has 1 N–H and O–H groups in total. The van der Waals surface area contributed by atoms with Crippen LogP contribution in [-0.2, 0) is 0 Å². The number of para-hydroxylation sites is 1. The quantitative estimate of drug-likeness (QED) is 0.798. The molecule has 0 aliphatic heterocycles. The Morgan fingerprint density at radius 3 is 2.80 bits per heavy atom. The molecule has 0 saturated heterocycles. The number of benzene rings is 1. The van der Waals surface area contributed by atoms with Gasteiger partial charge in [0.15, 0.2) is 0 Å². The summed E-state index contributed by atoms with van der Waals surface area (Å²) in [5.41, 5.74) is 1.72. The summed E-state index contributed by atoms with van der Waals surface area (Å²) in [4.78, 5) is 17.1. The molecule has 102 valence electrons. The molecule has 2 heterocycles. The fraction of sp³-hybridized carbons (Fsp3) is 0.200. The number of thiophene rings is 1. The van der Waals surface area contributed by atoms with Crippen molar-refractivity contribution in [3.8, 4) is 0 Å². The van der Waals surface area contributed by atoms with E-state index in [4.69, 9.17) is 0 Å². The highest BCUT2D eigenvalue weighted by atomic mass is 32.1. The van der Waals surface area contributed by atoms with Crippen molar-refractivity contribution in [3.05, 3.63) is 52.0 Å². The summed E-state index contributed by atoms with van der Waals surface area (Å²) >= 11 is 1.66. The van der Waals surface area contributed by atoms with Crippen molar-refractivity contribution in [2.45, 2.75) is 19.9 Å². The maximum atomic E-state index is 11.4. The minimum absolute atomic E-state index is 0.0699. The number of carboxylic acids is 1. The fourth-order valence-corrected chi connectivity index (χ4v) is 3.34. The number of imidazole rings is 1. The Bertz CT molecular complexity index is 775. The molecule has 3 rings (SSSR count). The Balaban J connectivity index is 2.29. The van der Waals surface area contributed by atoms with Gasteiger partial charge in [-0.25, -0.2) is 9.78 Å². The van der Waals surface area contributed by atoms with E-state index in [1.54, 1.807) is 23.5 Å². The van der Waals surface area contributed by atoms with Crippen LogP contribution in [0.25, 0.3) is 11.0 Å². The summed E-state index contributed by atoms with van der Waals surface area (Å²) in [6, 6.07) is 9.35. The van der Waals surface area contributed by atoms with Gasteiger partial charge in [-0.3, -0.25) is 0 Å². The molecule has 1 unspecified atom stereocenters. The molecule has 5 heteroatoms. The number of carbonyl (C=O) groups is 1. The third-order valence-electron chi connectivity index (χ3n) is 3.46. The Hall–Kier alpha value is -2.14. The Morgan fingerprint density at radius 1 is 1.35 bits per heavy atom. The van der Waals surface area contributed by atoms with Gasteiger partial charge in [0.1, 0.15) is 5.82 Å². The molecule has 1 aromatic carbocycles. The number of hydrogen-bond donors (Lipinski definition) is 1. The van der Waals surface area contributed by atoms with E-state index in [-0.39, 0.29) is 6.04 Å². The van der Waals surface area contributed by atoms with E-state index in [0.29, 0.717) is 11.1 Å². The molecular formula is C15H14N2O2S. The molecular weight excluding hydrogens is 272 g/mol. The highest BCUT2D eigenvalue weighted by Crippen LogP contribution is 2.30. The topological polar surface area (TPSA) is 55.1 Å². The van der Waals surface area contributed by atoms with Crippen molar-refractivity contribution < 1.29 is 9.90 Å². The van der Waals surface area contributed by atoms with E-state index in [1.165, 1.54) is 4.88 Å². The smallest absolute Gasteiger partial charge is 0.337 e. The van der Waals surface area contributed by atoms with Gasteiger partial charge in [-0.15, -0.1) is 11.3 Å². The Morgan fingerprint density at radius 2 is 2.15 bits per heavy atom. The van der Waals surface area contributed by atoms with Gasteiger partial charge >= 0.3 is 5.97 Å². The summed E-state index contributed by atoms with van der Waals surface area (Å²) in [7, 11) is 0. The zero-order chi connectivity index (χ0) is 14.3. The van der Waals surface area contributed by atoms with Crippen molar-refractivity contribution >= 4 is 28.3 Å². The van der Waals surface area contributed by atoms with E-state index in [9.17, 15) is 9.90 Å². The van der Waals surface area contributed by atoms with E-state index in [0.717, 1.165) is 11.3 Å². The molecule has 1 atom stereocenters. The lowest BCUT2D eigenvalue weighted by Crippen LogP contribution is -2.10. The molecule has 0 bridgehead atoms. The molecule has 0 radical (unpaired) electrons. The molecule has 0 saturated carbocycles. The van der Waals surface area contributed by atoms with Gasteiger partial charge in [-0.2, -0.15) is 0 Å². The molecule has 20 heavy (non-hydrogen) atoms. The van der Waals surface area contributed by atoms with Crippen LogP contribution >= 0.6 is 11.3 Å². The molecule has 0 amide bonds. The molecule has 3 aromatic rings. The van der Waals surface area contributed by atoms with Crippen LogP contribution in [0.15, 0.2) is 35.7 Å². The van der Waals surface area contributed by atoms with Gasteiger partial charge in [0.05, 0.1) is 22.6 Å². The second-order valence-electron chi connectivity index (χ2n) is 4.70. The van der Waals surface area contributed by atoms with Crippen LogP contribution in [0.2, 0.25) is 0 Å². The van der Waals surface area contributed by atoms with Crippen molar-refractivity contribution in [2.75, 3.05) is 0 Å². The monoisotopic (exact) mass is 286 g/mol. The number of rotatable bonds is 3. The molecule has 0 fully saturated rings. The average molecular weight is 286 g/mol. The number of hydrogen-bond acceptors (Lipinski definition) is 3. The molecule has 0 aliphatic carbocycles. The van der Waals surface area contributed by atoms with Crippen molar-refractivity contribution in [1.82, 2.24) is 9.55 Å². The van der Waals surface area contributed by atoms with Gasteiger partial charge in [-0.05, 0) is 37.4 Å². The van der Waals surface area contributed by atoms with E-state index in [2.05, 4.69) is 18.0 Å². The first kappa shape index (κ1) is 12.9. The molecule has 2 aromatic heterocycles. The van der Waals surface area contributed by atoms with Crippen LogP contribution in [-0.4, -0.2) is 20.6 Å². The standard InChI is InChI=1S/C15H14N2O2S/c1-9(13-7-4-8-20-13)17-10(2)16-12-6-3-5-11(14(12)17)15(18)19/h3-9H,1-2H3,(H,18,19). The zero-order valence-corrected chi connectivity index (χ0v) is 12.0. The summed E-state index contributed by atoms with van der Waals surface area (Å²) in [5, 5.41) is 11.4. The molecule has 4 nitrogen and oxygen atoms in total. The molecule has 0 aliphatic rings. The number of nitrogens with zero attached hydrogens (tertiary/aromatic N) is 2. The second kappa shape index (κ2) is 4.76. The van der Waals surface area contributed by atoms with Crippen LogP contribution in [0.4, 0.5) is 0 Å². The number of aromatic nitrogens is 2. The minimum atomic E-state index is -0.921. The second-order valence-corrected chi connectivity index (χ2v) is 5.68. The minimum Gasteiger partial charge on any atom is -0.478 e. The summed E-state index contributed by atoms with van der Waals surface area (Å²) in [6.07, 6.45) is 0. The summed E-state index contributed by atoms with van der Waals surface area (Å²) in [5.74, 6) is -0.0928. The van der Waals surface area contributed by atoms with Crippen LogP contribution in [0.1, 0.15) is 34.0 Å². The predicted molar refractivity (Wildman–Crippen MR) is 79.6 cm³/mol. The van der Waals surface area contributed by atoms with Gasteiger partial charge in [0.25, 0.3) is 0 Å². The fourth-order valence-electron chi connectivity index (χ4n) is 2.57. The lowest BCUT2D eigenvalue weighted by atomic mass is 10.1. The van der Waals surface area contributed by atoms with Crippen LogP contribution < -0.4 is 0 Å². The lowest BCUT2D eigenvalue weighted by Gasteiger charge is -2.16. The maximum Gasteiger partial charge on any atom is 0.337 e. The number of aryl methyl sites for hydroxylation is 1. The normalized spacial score (nSPS) is 12.7. The zero-order valence-electron chi connectivity index (χ0n) is 11.2. The van der Waals surface area contributed by atoms with Gasteiger partial charge < -0.3 is 9.67 Å². The van der Waals surface area contributed by atoms with E-state index in [1.807, 2.05) is 29.0 Å². The Kier molecular flexibility index (Phi) is 3.06. The van der Waals surface area contributed by atoms with Crippen molar-refractivity contribution in [3.63, 3.8) is 0 Å². The van der Waals surface area contributed by atoms with Gasteiger partial charge in [0, 0.05) is 4.88 Å². The summed E-state index contributed by atoms with van der Waals surface area (Å²) in [6.45, 7) is 3.98. The third-order valence-corrected chi connectivity index (χ3v) is 4.50. The van der Waals surface area contributed by atoms with Crippen LogP contribution in [0.3, 0.4) is 0 Å².